The summed E-state index contributed by atoms with van der Waals surface area (Å²) in [5.41, 5.74) is 0. The zero-order valence-electron chi connectivity index (χ0n) is 9.11. The number of unbranched alkanes of at least 4 members (excludes halogenated alkanes) is 6. The lowest BCUT2D eigenvalue weighted by Crippen LogP contribution is -1.93. The van der Waals surface area contributed by atoms with Crippen molar-refractivity contribution >= 4 is 5.97 Å². The van der Waals surface area contributed by atoms with Crippen LogP contribution in [0, 0.1) is 11.3 Å². The molecule has 0 saturated carbocycles. The first-order valence-electron chi connectivity index (χ1n) is 5.54. The van der Waals surface area contributed by atoms with Gasteiger partial charge in [0, 0.05) is 12.5 Å². The van der Waals surface area contributed by atoms with Crippen molar-refractivity contribution in [2.24, 2.45) is 0 Å². The molecule has 0 spiro atoms. The van der Waals surface area contributed by atoms with Crippen molar-refractivity contribution in [1.82, 2.24) is 0 Å². The summed E-state index contributed by atoms with van der Waals surface area (Å²) < 4.78 is 0. The van der Waals surface area contributed by atoms with E-state index in [9.17, 15) is 4.79 Å². The summed E-state index contributed by atoms with van der Waals surface area (Å²) in [7, 11) is 0. The van der Waals surface area contributed by atoms with Crippen LogP contribution in [0.3, 0.4) is 0 Å². The monoisotopic (exact) mass is 209 g/mol. The quantitative estimate of drug-likeness (QED) is 0.468. The van der Waals surface area contributed by atoms with Gasteiger partial charge in [-0.25, -0.2) is 0 Å². The summed E-state index contributed by atoms with van der Waals surface area (Å²) in [4.78, 5) is 10.2. The number of aliphatic carboxylic acids is 1. The number of allylic oxidation sites excluding steroid dienone is 2. The second kappa shape index (κ2) is 10.8. The molecular weight excluding hydrogens is 190 g/mol. The largest absolute Gasteiger partial charge is 0.481 e. The fraction of sp³-hybridized carbons (Fsp3) is 0.667. The van der Waals surface area contributed by atoms with Gasteiger partial charge < -0.3 is 5.11 Å². The number of nitriles is 1. The van der Waals surface area contributed by atoms with Gasteiger partial charge in [0.2, 0.25) is 0 Å². The number of carboxylic acid groups (broad SMARTS) is 1. The van der Waals surface area contributed by atoms with E-state index >= 15 is 0 Å². The Morgan fingerprint density at radius 1 is 1.13 bits per heavy atom. The van der Waals surface area contributed by atoms with E-state index in [4.69, 9.17) is 10.4 Å². The van der Waals surface area contributed by atoms with Crippen LogP contribution in [0.4, 0.5) is 0 Å². The van der Waals surface area contributed by atoms with Crippen LogP contribution in [0.1, 0.15) is 51.4 Å². The van der Waals surface area contributed by atoms with Crippen LogP contribution in [0.25, 0.3) is 0 Å². The third-order valence-electron chi connectivity index (χ3n) is 2.20. The molecule has 0 unspecified atom stereocenters. The first-order chi connectivity index (χ1) is 7.27. The Morgan fingerprint density at radius 3 is 2.33 bits per heavy atom. The predicted octanol–water partition coefficient (Wildman–Crippen LogP) is 3.27. The van der Waals surface area contributed by atoms with E-state index in [1.807, 2.05) is 12.1 Å². The third-order valence-corrected chi connectivity index (χ3v) is 2.20. The lowest BCUT2D eigenvalue weighted by Gasteiger charge is -1.98. The average Bonchev–Trinajstić information content (AvgIpc) is 2.20. The van der Waals surface area contributed by atoms with Crippen molar-refractivity contribution in [2.45, 2.75) is 51.4 Å². The molecule has 0 radical (unpaired) electrons. The van der Waals surface area contributed by atoms with E-state index in [-0.39, 0.29) is 0 Å². The second-order valence-electron chi connectivity index (χ2n) is 3.59. The van der Waals surface area contributed by atoms with Crippen LogP contribution >= 0.6 is 0 Å². The Hall–Kier alpha value is -1.30. The van der Waals surface area contributed by atoms with Gasteiger partial charge in [-0.05, 0) is 19.3 Å². The van der Waals surface area contributed by atoms with E-state index in [1.165, 1.54) is 18.9 Å². The van der Waals surface area contributed by atoms with Gasteiger partial charge in [-0.3, -0.25) is 4.79 Å². The summed E-state index contributed by atoms with van der Waals surface area (Å²) >= 11 is 0. The third kappa shape index (κ3) is 12.7. The highest BCUT2D eigenvalue weighted by Gasteiger charge is 1.95. The minimum Gasteiger partial charge on any atom is -0.481 e. The Bertz CT molecular complexity index is 228. The first kappa shape index (κ1) is 13.7. The van der Waals surface area contributed by atoms with Crippen LogP contribution in [-0.2, 0) is 4.79 Å². The Morgan fingerprint density at radius 2 is 1.73 bits per heavy atom. The van der Waals surface area contributed by atoms with Gasteiger partial charge in [0.25, 0.3) is 0 Å². The van der Waals surface area contributed by atoms with Crippen molar-refractivity contribution in [3.63, 3.8) is 0 Å². The summed E-state index contributed by atoms with van der Waals surface area (Å²) in [5.74, 6) is -0.698. The van der Waals surface area contributed by atoms with Gasteiger partial charge in [-0.1, -0.05) is 31.8 Å². The zero-order chi connectivity index (χ0) is 11.4. The molecule has 0 saturated heterocycles. The van der Waals surface area contributed by atoms with E-state index in [2.05, 4.69) is 0 Å². The van der Waals surface area contributed by atoms with Crippen LogP contribution in [0.2, 0.25) is 0 Å². The highest BCUT2D eigenvalue weighted by atomic mass is 16.4. The summed E-state index contributed by atoms with van der Waals surface area (Å²) in [5, 5.41) is 16.6. The molecule has 0 aromatic rings. The Balaban J connectivity index is 3.02. The summed E-state index contributed by atoms with van der Waals surface area (Å²) in [6, 6.07) is 1.96. The highest BCUT2D eigenvalue weighted by molar-refractivity contribution is 5.66. The summed E-state index contributed by atoms with van der Waals surface area (Å²) in [6.07, 6.45) is 11.1. The molecule has 0 bridgehead atoms. The lowest BCUT2D eigenvalue weighted by atomic mass is 10.1. The minimum atomic E-state index is -0.698. The molecule has 0 heterocycles. The lowest BCUT2D eigenvalue weighted by molar-refractivity contribution is -0.137. The van der Waals surface area contributed by atoms with Gasteiger partial charge in [0.15, 0.2) is 0 Å². The van der Waals surface area contributed by atoms with Crippen molar-refractivity contribution in [3.05, 3.63) is 12.2 Å². The molecule has 84 valence electrons. The number of hydrogen-bond donors (Lipinski definition) is 1. The molecule has 0 aromatic heterocycles. The van der Waals surface area contributed by atoms with Crippen LogP contribution in [0.15, 0.2) is 12.2 Å². The molecule has 0 aliphatic carbocycles. The molecule has 3 heteroatoms. The number of hydrogen-bond acceptors (Lipinski definition) is 2. The summed E-state index contributed by atoms with van der Waals surface area (Å²) in [6.45, 7) is 0. The highest BCUT2D eigenvalue weighted by Crippen LogP contribution is 2.08. The first-order valence-corrected chi connectivity index (χ1v) is 5.54. The van der Waals surface area contributed by atoms with Crippen molar-refractivity contribution < 1.29 is 9.90 Å². The van der Waals surface area contributed by atoms with E-state index in [1.54, 1.807) is 0 Å². The maximum atomic E-state index is 10.2. The smallest absolute Gasteiger partial charge is 0.303 e. The van der Waals surface area contributed by atoms with Gasteiger partial charge >= 0.3 is 5.97 Å². The van der Waals surface area contributed by atoms with Gasteiger partial charge in [-0.2, -0.15) is 5.26 Å². The van der Waals surface area contributed by atoms with Gasteiger partial charge in [0.05, 0.1) is 6.07 Å². The Kier molecular flexibility index (Phi) is 9.84. The molecule has 0 rings (SSSR count). The van der Waals surface area contributed by atoms with Gasteiger partial charge in [0.1, 0.15) is 0 Å². The van der Waals surface area contributed by atoms with E-state index < -0.39 is 5.97 Å². The molecule has 0 atom stereocenters. The fourth-order valence-corrected chi connectivity index (χ4v) is 1.38. The molecule has 0 aromatic carbocycles. The molecule has 0 aliphatic rings. The molecule has 0 aliphatic heterocycles. The topological polar surface area (TPSA) is 61.1 Å². The van der Waals surface area contributed by atoms with Crippen LogP contribution in [-0.4, -0.2) is 11.1 Å². The van der Waals surface area contributed by atoms with E-state index in [0.29, 0.717) is 6.42 Å². The normalized spacial score (nSPS) is 10.3. The number of carboxylic acids is 1. The minimum absolute atomic E-state index is 0.297. The molecular formula is C12H19NO2. The number of rotatable bonds is 9. The van der Waals surface area contributed by atoms with Crippen LogP contribution in [0.5, 0.6) is 0 Å². The van der Waals surface area contributed by atoms with Crippen molar-refractivity contribution in [2.75, 3.05) is 0 Å². The molecule has 0 amide bonds. The SMILES string of the molecule is N#CC=CCCCCCCCCC(=O)O. The molecule has 0 fully saturated rings. The van der Waals surface area contributed by atoms with E-state index in [0.717, 1.165) is 32.1 Å². The number of nitrogens with zero attached hydrogens (tertiary/aromatic N) is 1. The van der Waals surface area contributed by atoms with Crippen LogP contribution < -0.4 is 0 Å². The Labute approximate surface area is 91.4 Å². The fourth-order valence-electron chi connectivity index (χ4n) is 1.38. The molecule has 15 heavy (non-hydrogen) atoms. The van der Waals surface area contributed by atoms with Crippen molar-refractivity contribution in [1.29, 1.82) is 5.26 Å². The molecule has 3 nitrogen and oxygen atoms in total. The maximum absolute atomic E-state index is 10.2. The zero-order valence-corrected chi connectivity index (χ0v) is 9.11. The maximum Gasteiger partial charge on any atom is 0.303 e. The van der Waals surface area contributed by atoms with Crippen molar-refractivity contribution in [3.8, 4) is 6.07 Å². The van der Waals surface area contributed by atoms with Gasteiger partial charge in [-0.15, -0.1) is 0 Å². The second-order valence-corrected chi connectivity index (χ2v) is 3.59. The number of carbonyl (C=O) groups is 1. The molecule has 1 N–H and O–H groups in total. The predicted molar refractivity (Wildman–Crippen MR) is 59.3 cm³/mol. The average molecular weight is 209 g/mol. The standard InChI is InChI=1S/C12H19NO2/c13-11-9-7-5-3-1-2-4-6-8-10-12(14)15/h7,9H,1-6,8,10H2,(H,14,15).